The minimum Gasteiger partial charge on any atom is -0.376 e. The summed E-state index contributed by atoms with van der Waals surface area (Å²) in [4.78, 5) is 0. The van der Waals surface area contributed by atoms with Gasteiger partial charge in [0.05, 0.1) is 12.7 Å². The van der Waals surface area contributed by atoms with Crippen molar-refractivity contribution in [3.63, 3.8) is 0 Å². The molecule has 0 aromatic rings. The molecule has 1 fully saturated rings. The second-order valence-electron chi connectivity index (χ2n) is 4.19. The number of ether oxygens (including phenoxy) is 1. The molecular formula is C9H19NO. The largest absolute Gasteiger partial charge is 0.376 e. The lowest BCUT2D eigenvalue weighted by molar-refractivity contribution is -0.0459. The van der Waals surface area contributed by atoms with Crippen LogP contribution in [0.25, 0.3) is 0 Å². The van der Waals surface area contributed by atoms with Crippen molar-refractivity contribution in [2.75, 3.05) is 20.2 Å². The van der Waals surface area contributed by atoms with Crippen LogP contribution in [0, 0.1) is 5.41 Å². The number of likely N-dealkylation sites (N-methyl/N-ethyl adjacent to an activating group) is 1. The van der Waals surface area contributed by atoms with E-state index in [9.17, 15) is 0 Å². The maximum atomic E-state index is 5.67. The number of nitrogens with one attached hydrogen (secondary N) is 1. The Morgan fingerprint density at radius 2 is 2.27 bits per heavy atom. The molecule has 0 aromatic heterocycles. The van der Waals surface area contributed by atoms with Crippen molar-refractivity contribution in [1.29, 1.82) is 0 Å². The molecule has 1 aliphatic rings. The first-order chi connectivity index (χ1) is 5.14. The van der Waals surface area contributed by atoms with Gasteiger partial charge in [-0.25, -0.2) is 0 Å². The summed E-state index contributed by atoms with van der Waals surface area (Å²) in [6.45, 7) is 6.45. The summed E-state index contributed by atoms with van der Waals surface area (Å²) in [5.41, 5.74) is 0.407. The van der Waals surface area contributed by atoms with Gasteiger partial charge in [0.25, 0.3) is 0 Å². The molecule has 1 N–H and O–H groups in total. The zero-order valence-electron chi connectivity index (χ0n) is 7.81. The number of rotatable bonds is 2. The van der Waals surface area contributed by atoms with Crippen LogP contribution in [0.1, 0.15) is 26.7 Å². The molecular weight excluding hydrogens is 138 g/mol. The zero-order chi connectivity index (χ0) is 8.32. The molecule has 1 rings (SSSR count). The SMILES string of the molecule is CNC[C@@H]1CCC(C)(C)CO1. The first-order valence-electron chi connectivity index (χ1n) is 4.40. The Morgan fingerprint density at radius 3 is 2.73 bits per heavy atom. The fourth-order valence-corrected chi connectivity index (χ4v) is 1.44. The van der Waals surface area contributed by atoms with E-state index in [2.05, 4.69) is 19.2 Å². The summed E-state index contributed by atoms with van der Waals surface area (Å²) >= 11 is 0. The summed E-state index contributed by atoms with van der Waals surface area (Å²) in [5.74, 6) is 0. The molecule has 0 amide bonds. The first-order valence-corrected chi connectivity index (χ1v) is 4.40. The molecule has 1 saturated heterocycles. The van der Waals surface area contributed by atoms with Crippen LogP contribution in [0.2, 0.25) is 0 Å². The summed E-state index contributed by atoms with van der Waals surface area (Å²) in [6, 6.07) is 0. The highest BCUT2D eigenvalue weighted by Gasteiger charge is 2.26. The maximum Gasteiger partial charge on any atom is 0.0699 e. The molecule has 0 aromatic carbocycles. The molecule has 0 unspecified atom stereocenters. The van der Waals surface area contributed by atoms with Gasteiger partial charge in [0.15, 0.2) is 0 Å². The Balaban J connectivity index is 2.25. The van der Waals surface area contributed by atoms with E-state index in [1.54, 1.807) is 0 Å². The first kappa shape index (κ1) is 9.01. The molecule has 0 spiro atoms. The van der Waals surface area contributed by atoms with E-state index in [0.29, 0.717) is 11.5 Å². The van der Waals surface area contributed by atoms with Gasteiger partial charge in [0.1, 0.15) is 0 Å². The van der Waals surface area contributed by atoms with Gasteiger partial charge in [0.2, 0.25) is 0 Å². The highest BCUT2D eigenvalue weighted by Crippen LogP contribution is 2.29. The smallest absolute Gasteiger partial charge is 0.0699 e. The predicted molar refractivity (Wildman–Crippen MR) is 46.7 cm³/mol. The Labute approximate surface area is 69.3 Å². The average Bonchev–Trinajstić information content (AvgIpc) is 1.94. The molecule has 0 radical (unpaired) electrons. The molecule has 1 heterocycles. The second-order valence-corrected chi connectivity index (χ2v) is 4.19. The average molecular weight is 157 g/mol. The van der Waals surface area contributed by atoms with Crippen molar-refractivity contribution in [2.24, 2.45) is 5.41 Å². The van der Waals surface area contributed by atoms with Gasteiger partial charge in [-0.2, -0.15) is 0 Å². The third-order valence-electron chi connectivity index (χ3n) is 2.28. The highest BCUT2D eigenvalue weighted by atomic mass is 16.5. The minimum atomic E-state index is 0.407. The third-order valence-corrected chi connectivity index (χ3v) is 2.28. The van der Waals surface area contributed by atoms with E-state index in [0.717, 1.165) is 13.2 Å². The Hall–Kier alpha value is -0.0800. The van der Waals surface area contributed by atoms with Crippen LogP contribution in [-0.2, 0) is 4.74 Å². The molecule has 2 nitrogen and oxygen atoms in total. The normalized spacial score (nSPS) is 30.3. The topological polar surface area (TPSA) is 21.3 Å². The van der Waals surface area contributed by atoms with E-state index in [1.165, 1.54) is 12.8 Å². The predicted octanol–water partition coefficient (Wildman–Crippen LogP) is 1.41. The number of hydrogen-bond donors (Lipinski definition) is 1. The summed E-state index contributed by atoms with van der Waals surface area (Å²) in [5, 5.41) is 3.14. The van der Waals surface area contributed by atoms with Crippen molar-refractivity contribution in [1.82, 2.24) is 5.32 Å². The molecule has 11 heavy (non-hydrogen) atoms. The molecule has 2 heteroatoms. The maximum absolute atomic E-state index is 5.67. The zero-order valence-corrected chi connectivity index (χ0v) is 7.81. The van der Waals surface area contributed by atoms with Gasteiger partial charge in [-0.15, -0.1) is 0 Å². The molecule has 1 atom stereocenters. The van der Waals surface area contributed by atoms with Gasteiger partial charge in [-0.05, 0) is 25.3 Å². The monoisotopic (exact) mass is 157 g/mol. The molecule has 66 valence electrons. The molecule has 0 bridgehead atoms. The summed E-state index contributed by atoms with van der Waals surface area (Å²) < 4.78 is 5.67. The van der Waals surface area contributed by atoms with Crippen LogP contribution < -0.4 is 5.32 Å². The van der Waals surface area contributed by atoms with Gasteiger partial charge >= 0.3 is 0 Å². The van der Waals surface area contributed by atoms with Gasteiger partial charge in [-0.3, -0.25) is 0 Å². The highest BCUT2D eigenvalue weighted by molar-refractivity contribution is 4.77. The van der Waals surface area contributed by atoms with Gasteiger partial charge in [-0.1, -0.05) is 13.8 Å². The van der Waals surface area contributed by atoms with Crippen LogP contribution in [0.15, 0.2) is 0 Å². The van der Waals surface area contributed by atoms with Crippen molar-refractivity contribution in [2.45, 2.75) is 32.8 Å². The van der Waals surface area contributed by atoms with Crippen molar-refractivity contribution < 1.29 is 4.74 Å². The fraction of sp³-hybridized carbons (Fsp3) is 1.00. The molecule has 0 saturated carbocycles. The van der Waals surface area contributed by atoms with E-state index >= 15 is 0 Å². The van der Waals surface area contributed by atoms with Gasteiger partial charge < -0.3 is 10.1 Å². The summed E-state index contributed by atoms with van der Waals surface area (Å²) in [7, 11) is 1.98. The minimum absolute atomic E-state index is 0.407. The van der Waals surface area contributed by atoms with Gasteiger partial charge in [0, 0.05) is 6.54 Å². The molecule has 1 aliphatic heterocycles. The Morgan fingerprint density at radius 1 is 1.55 bits per heavy atom. The lowest BCUT2D eigenvalue weighted by atomic mass is 9.85. The Kier molecular flexibility index (Phi) is 2.90. The Bertz CT molecular complexity index is 113. The third kappa shape index (κ3) is 2.80. The number of hydrogen-bond acceptors (Lipinski definition) is 2. The van der Waals surface area contributed by atoms with Crippen LogP contribution in [0.4, 0.5) is 0 Å². The van der Waals surface area contributed by atoms with E-state index in [4.69, 9.17) is 4.74 Å². The van der Waals surface area contributed by atoms with Crippen molar-refractivity contribution >= 4 is 0 Å². The van der Waals surface area contributed by atoms with E-state index in [1.807, 2.05) is 7.05 Å². The van der Waals surface area contributed by atoms with Crippen molar-refractivity contribution in [3.8, 4) is 0 Å². The van der Waals surface area contributed by atoms with E-state index in [-0.39, 0.29) is 0 Å². The lowest BCUT2D eigenvalue weighted by Crippen LogP contribution is -2.36. The van der Waals surface area contributed by atoms with Crippen LogP contribution in [0.5, 0.6) is 0 Å². The van der Waals surface area contributed by atoms with Crippen LogP contribution in [0.3, 0.4) is 0 Å². The lowest BCUT2D eigenvalue weighted by Gasteiger charge is -2.34. The van der Waals surface area contributed by atoms with Crippen LogP contribution in [-0.4, -0.2) is 26.3 Å². The molecule has 0 aliphatic carbocycles. The quantitative estimate of drug-likeness (QED) is 0.654. The second kappa shape index (κ2) is 3.55. The van der Waals surface area contributed by atoms with Crippen molar-refractivity contribution in [3.05, 3.63) is 0 Å². The fourth-order valence-electron chi connectivity index (χ4n) is 1.44. The van der Waals surface area contributed by atoms with E-state index < -0.39 is 0 Å². The standard InChI is InChI=1S/C9H19NO/c1-9(2)5-4-8(6-10-3)11-7-9/h8,10H,4-7H2,1-3H3/t8-/m0/s1. The van der Waals surface area contributed by atoms with Crippen LogP contribution >= 0.6 is 0 Å². The summed E-state index contributed by atoms with van der Waals surface area (Å²) in [6.07, 6.45) is 2.95.